The Morgan fingerprint density at radius 1 is 1.12 bits per heavy atom. The average molecular weight is 320 g/mol. The summed E-state index contributed by atoms with van der Waals surface area (Å²) < 4.78 is 5.61. The maximum Gasteiger partial charge on any atom is 0.247 e. The van der Waals surface area contributed by atoms with Gasteiger partial charge in [-0.25, -0.2) is 4.98 Å². The van der Waals surface area contributed by atoms with Crippen molar-refractivity contribution < 1.29 is 9.21 Å². The molecule has 122 valence electrons. The fraction of sp³-hybridized carbons (Fsp3) is 0.200. The number of hydrogen-bond acceptors (Lipinski definition) is 3. The molecule has 0 unspecified atom stereocenters. The fourth-order valence-electron chi connectivity index (χ4n) is 2.55. The smallest absolute Gasteiger partial charge is 0.247 e. The molecule has 0 atom stereocenters. The summed E-state index contributed by atoms with van der Waals surface area (Å²) >= 11 is 0. The molecule has 1 amide bonds. The van der Waals surface area contributed by atoms with Crippen molar-refractivity contribution in [1.82, 2.24) is 9.88 Å². The van der Waals surface area contributed by atoms with Crippen molar-refractivity contribution in [3.05, 3.63) is 72.1 Å². The summed E-state index contributed by atoms with van der Waals surface area (Å²) in [5, 5.41) is 0. The molecule has 0 spiro atoms. The first-order valence-corrected chi connectivity index (χ1v) is 8.13. The Morgan fingerprint density at radius 3 is 2.62 bits per heavy atom. The lowest BCUT2D eigenvalue weighted by Crippen LogP contribution is -2.29. The molecule has 24 heavy (non-hydrogen) atoms. The van der Waals surface area contributed by atoms with E-state index in [0.29, 0.717) is 19.0 Å². The molecule has 0 radical (unpaired) electrons. The Balaban J connectivity index is 1.72. The number of oxazole rings is 1. The van der Waals surface area contributed by atoms with Gasteiger partial charge in [0.05, 0.1) is 0 Å². The molecule has 0 aliphatic rings. The molecule has 0 aliphatic heterocycles. The Labute approximate surface area is 141 Å². The Kier molecular flexibility index (Phi) is 5.06. The van der Waals surface area contributed by atoms with E-state index in [-0.39, 0.29) is 5.91 Å². The monoisotopic (exact) mass is 320 g/mol. The first kappa shape index (κ1) is 16.0. The SMILES string of the molecule is CCCN(Cc1ccccc1)C(=O)C=Cc1nc2ccccc2o1. The van der Waals surface area contributed by atoms with Gasteiger partial charge >= 0.3 is 0 Å². The molecule has 4 heteroatoms. The summed E-state index contributed by atoms with van der Waals surface area (Å²) in [6, 6.07) is 17.6. The highest BCUT2D eigenvalue weighted by Gasteiger charge is 2.11. The van der Waals surface area contributed by atoms with Crippen LogP contribution in [0.15, 0.2) is 65.1 Å². The molecule has 0 saturated carbocycles. The average Bonchev–Trinajstić information content (AvgIpc) is 3.03. The number of rotatable bonds is 6. The second-order valence-electron chi connectivity index (χ2n) is 5.60. The van der Waals surface area contributed by atoms with Crippen molar-refractivity contribution in [3.63, 3.8) is 0 Å². The highest BCUT2D eigenvalue weighted by molar-refractivity contribution is 5.91. The number of nitrogens with zero attached hydrogens (tertiary/aromatic N) is 2. The lowest BCUT2D eigenvalue weighted by Gasteiger charge is -2.20. The van der Waals surface area contributed by atoms with Crippen LogP contribution in [-0.4, -0.2) is 22.3 Å². The summed E-state index contributed by atoms with van der Waals surface area (Å²) in [7, 11) is 0. The molecule has 1 heterocycles. The number of amides is 1. The van der Waals surface area contributed by atoms with Crippen LogP contribution in [0.4, 0.5) is 0 Å². The van der Waals surface area contributed by atoms with E-state index in [1.807, 2.05) is 59.5 Å². The molecule has 3 aromatic rings. The first-order chi connectivity index (χ1) is 11.8. The van der Waals surface area contributed by atoms with E-state index in [1.54, 1.807) is 6.08 Å². The van der Waals surface area contributed by atoms with Crippen molar-refractivity contribution in [3.8, 4) is 0 Å². The van der Waals surface area contributed by atoms with E-state index in [4.69, 9.17) is 4.42 Å². The predicted molar refractivity (Wildman–Crippen MR) is 95.2 cm³/mol. The minimum atomic E-state index is -0.0389. The molecule has 0 saturated heterocycles. The fourth-order valence-corrected chi connectivity index (χ4v) is 2.55. The van der Waals surface area contributed by atoms with Crippen molar-refractivity contribution in [2.45, 2.75) is 19.9 Å². The van der Waals surface area contributed by atoms with Gasteiger partial charge < -0.3 is 9.32 Å². The molecule has 0 aliphatic carbocycles. The number of carbonyl (C=O) groups is 1. The minimum absolute atomic E-state index is 0.0389. The number of fused-ring (bicyclic) bond motifs is 1. The van der Waals surface area contributed by atoms with Crippen molar-refractivity contribution in [2.75, 3.05) is 6.54 Å². The Hall–Kier alpha value is -2.88. The highest BCUT2D eigenvalue weighted by atomic mass is 16.3. The first-order valence-electron chi connectivity index (χ1n) is 8.13. The maximum atomic E-state index is 12.5. The quantitative estimate of drug-likeness (QED) is 0.637. The molecule has 2 aromatic carbocycles. The van der Waals surface area contributed by atoms with Crippen molar-refractivity contribution >= 4 is 23.1 Å². The van der Waals surface area contributed by atoms with Gasteiger partial charge in [0, 0.05) is 25.2 Å². The van der Waals surface area contributed by atoms with Gasteiger partial charge in [-0.15, -0.1) is 0 Å². The number of para-hydroxylation sites is 2. The zero-order valence-electron chi connectivity index (χ0n) is 13.7. The molecule has 0 fully saturated rings. The van der Waals surface area contributed by atoms with Crippen LogP contribution < -0.4 is 0 Å². The summed E-state index contributed by atoms with van der Waals surface area (Å²) in [5.74, 6) is 0.406. The van der Waals surface area contributed by atoms with Crippen LogP contribution in [0, 0.1) is 0 Å². The normalized spacial score (nSPS) is 11.2. The van der Waals surface area contributed by atoms with Gasteiger partial charge in [0.15, 0.2) is 5.58 Å². The molecular weight excluding hydrogens is 300 g/mol. The molecular formula is C20H20N2O2. The molecule has 0 N–H and O–H groups in total. The molecule has 4 nitrogen and oxygen atoms in total. The second-order valence-corrected chi connectivity index (χ2v) is 5.60. The third-order valence-electron chi connectivity index (χ3n) is 3.70. The van der Waals surface area contributed by atoms with Gasteiger partial charge in [0.1, 0.15) is 5.52 Å². The zero-order valence-corrected chi connectivity index (χ0v) is 13.7. The van der Waals surface area contributed by atoms with E-state index in [0.717, 1.165) is 23.1 Å². The van der Waals surface area contributed by atoms with Gasteiger partial charge in [0.25, 0.3) is 0 Å². The minimum Gasteiger partial charge on any atom is -0.437 e. The lowest BCUT2D eigenvalue weighted by molar-refractivity contribution is -0.126. The van der Waals surface area contributed by atoms with E-state index >= 15 is 0 Å². The van der Waals surface area contributed by atoms with Crippen LogP contribution >= 0.6 is 0 Å². The lowest BCUT2D eigenvalue weighted by atomic mass is 10.2. The van der Waals surface area contributed by atoms with E-state index in [2.05, 4.69) is 11.9 Å². The van der Waals surface area contributed by atoms with Crippen LogP contribution in [-0.2, 0) is 11.3 Å². The van der Waals surface area contributed by atoms with E-state index in [1.165, 1.54) is 6.08 Å². The molecule has 3 rings (SSSR count). The predicted octanol–water partition coefficient (Wildman–Crippen LogP) is 4.28. The second kappa shape index (κ2) is 7.59. The Morgan fingerprint density at radius 2 is 1.88 bits per heavy atom. The van der Waals surface area contributed by atoms with Crippen LogP contribution in [0.2, 0.25) is 0 Å². The van der Waals surface area contributed by atoms with Gasteiger partial charge in [-0.1, -0.05) is 49.4 Å². The van der Waals surface area contributed by atoms with Crippen LogP contribution in [0.5, 0.6) is 0 Å². The number of carbonyl (C=O) groups excluding carboxylic acids is 1. The number of hydrogen-bond donors (Lipinski definition) is 0. The van der Waals surface area contributed by atoms with Gasteiger partial charge in [-0.05, 0) is 24.1 Å². The van der Waals surface area contributed by atoms with Crippen LogP contribution in [0.25, 0.3) is 17.2 Å². The van der Waals surface area contributed by atoms with Gasteiger partial charge in [-0.2, -0.15) is 0 Å². The zero-order chi connectivity index (χ0) is 16.8. The van der Waals surface area contributed by atoms with E-state index < -0.39 is 0 Å². The van der Waals surface area contributed by atoms with E-state index in [9.17, 15) is 4.79 Å². The van der Waals surface area contributed by atoms with Crippen LogP contribution in [0.3, 0.4) is 0 Å². The highest BCUT2D eigenvalue weighted by Crippen LogP contribution is 2.15. The summed E-state index contributed by atoms with van der Waals surface area (Å²) in [5.41, 5.74) is 2.63. The summed E-state index contributed by atoms with van der Waals surface area (Å²) in [6.07, 6.45) is 4.08. The maximum absolute atomic E-state index is 12.5. The molecule has 1 aromatic heterocycles. The number of aromatic nitrogens is 1. The summed E-state index contributed by atoms with van der Waals surface area (Å²) in [6.45, 7) is 3.38. The standard InChI is InChI=1S/C20H20N2O2/c1-2-14-22(15-16-8-4-3-5-9-16)20(23)13-12-19-21-17-10-6-7-11-18(17)24-19/h3-13H,2,14-15H2,1H3. The van der Waals surface area contributed by atoms with Crippen LogP contribution in [0.1, 0.15) is 24.8 Å². The van der Waals surface area contributed by atoms with Crippen molar-refractivity contribution in [1.29, 1.82) is 0 Å². The van der Waals surface area contributed by atoms with Gasteiger partial charge in [-0.3, -0.25) is 4.79 Å². The number of benzene rings is 2. The molecule has 0 bridgehead atoms. The third-order valence-corrected chi connectivity index (χ3v) is 3.70. The summed E-state index contributed by atoms with van der Waals surface area (Å²) in [4.78, 5) is 18.7. The topological polar surface area (TPSA) is 46.3 Å². The third kappa shape index (κ3) is 3.90. The van der Waals surface area contributed by atoms with Crippen molar-refractivity contribution in [2.24, 2.45) is 0 Å². The Bertz CT molecular complexity index is 804. The van der Waals surface area contributed by atoms with Gasteiger partial charge in [0.2, 0.25) is 11.8 Å². The largest absolute Gasteiger partial charge is 0.437 e.